The van der Waals surface area contributed by atoms with Gasteiger partial charge in [0.25, 0.3) is 5.91 Å². The fourth-order valence-corrected chi connectivity index (χ4v) is 2.03. The molecule has 0 aromatic carbocycles. The van der Waals surface area contributed by atoms with Crippen molar-refractivity contribution in [1.29, 1.82) is 0 Å². The Morgan fingerprint density at radius 3 is 2.61 bits per heavy atom. The second kappa shape index (κ2) is 5.07. The molecule has 0 unspecified atom stereocenters. The molecule has 0 saturated heterocycles. The summed E-state index contributed by atoms with van der Waals surface area (Å²) < 4.78 is 0. The molecule has 4 N–H and O–H groups in total. The van der Waals surface area contributed by atoms with Gasteiger partial charge in [0.05, 0.1) is 5.69 Å². The minimum Gasteiger partial charge on any atom is -0.307 e. The highest BCUT2D eigenvalue weighted by Crippen LogP contribution is 2.21. The first kappa shape index (κ1) is 12.4. The number of carbonyl (C=O) groups is 1. The summed E-state index contributed by atoms with van der Waals surface area (Å²) in [6.07, 6.45) is 0. The van der Waals surface area contributed by atoms with Gasteiger partial charge in [0, 0.05) is 4.88 Å². The van der Waals surface area contributed by atoms with Gasteiger partial charge in [0.15, 0.2) is 16.6 Å². The topological polar surface area (TPSA) is 106 Å². The maximum Gasteiger partial charge on any atom is 0.277 e. The monoisotopic (exact) mass is 264 g/mol. The van der Waals surface area contributed by atoms with Gasteiger partial charge in [-0.15, -0.1) is 21.5 Å². The van der Waals surface area contributed by atoms with E-state index in [0.717, 1.165) is 10.6 Å². The number of nitrogens with two attached hydrogens (primary N) is 1. The quantitative estimate of drug-likeness (QED) is 0.566. The number of amides is 1. The zero-order chi connectivity index (χ0) is 13.1. The van der Waals surface area contributed by atoms with Gasteiger partial charge in [-0.3, -0.25) is 10.1 Å². The Labute approximate surface area is 107 Å². The number of aryl methyl sites for hydroxylation is 2. The molecule has 8 heteroatoms. The number of hydrogen-bond acceptors (Lipinski definition) is 7. The maximum absolute atomic E-state index is 11.8. The summed E-state index contributed by atoms with van der Waals surface area (Å²) in [6, 6.07) is 3.10. The van der Waals surface area contributed by atoms with E-state index in [1.54, 1.807) is 6.07 Å². The molecule has 0 radical (unpaired) electrons. The summed E-state index contributed by atoms with van der Waals surface area (Å²) in [7, 11) is 0. The minimum atomic E-state index is -0.347. The smallest absolute Gasteiger partial charge is 0.277 e. The van der Waals surface area contributed by atoms with Crippen LogP contribution in [0, 0.1) is 13.8 Å². The fourth-order valence-electron chi connectivity index (χ4n) is 1.22. The van der Waals surface area contributed by atoms with Gasteiger partial charge in [0.2, 0.25) is 0 Å². The van der Waals surface area contributed by atoms with Crippen molar-refractivity contribution >= 4 is 28.2 Å². The van der Waals surface area contributed by atoms with Crippen molar-refractivity contribution in [3.8, 4) is 0 Å². The lowest BCUT2D eigenvalue weighted by Gasteiger charge is -2.01. The highest BCUT2D eigenvalue weighted by Gasteiger charge is 2.11. The summed E-state index contributed by atoms with van der Waals surface area (Å²) in [5.41, 5.74) is 3.45. The predicted molar refractivity (Wildman–Crippen MR) is 69.4 cm³/mol. The van der Waals surface area contributed by atoms with E-state index < -0.39 is 0 Å². The van der Waals surface area contributed by atoms with E-state index in [-0.39, 0.29) is 11.6 Å². The molecule has 0 fully saturated rings. The molecule has 0 aliphatic carbocycles. The van der Waals surface area contributed by atoms with E-state index in [2.05, 4.69) is 25.9 Å². The van der Waals surface area contributed by atoms with Crippen LogP contribution >= 0.6 is 11.3 Å². The van der Waals surface area contributed by atoms with Gasteiger partial charge >= 0.3 is 0 Å². The van der Waals surface area contributed by atoms with E-state index >= 15 is 0 Å². The second-order valence-corrected chi connectivity index (χ2v) is 4.77. The first-order valence-electron chi connectivity index (χ1n) is 5.16. The number of anilines is 2. The third kappa shape index (κ3) is 2.60. The fraction of sp³-hybridized carbons (Fsp3) is 0.200. The summed E-state index contributed by atoms with van der Waals surface area (Å²) in [5.74, 6) is 5.21. The second-order valence-electron chi connectivity index (χ2n) is 3.56. The molecule has 94 valence electrons. The molecule has 18 heavy (non-hydrogen) atoms. The average molecular weight is 264 g/mol. The minimum absolute atomic E-state index is 0.208. The van der Waals surface area contributed by atoms with Crippen LogP contribution in [0.5, 0.6) is 0 Å². The molecule has 0 atom stereocenters. The Morgan fingerprint density at radius 1 is 1.33 bits per heavy atom. The number of rotatable bonds is 3. The van der Waals surface area contributed by atoms with Crippen molar-refractivity contribution in [2.24, 2.45) is 5.84 Å². The van der Waals surface area contributed by atoms with Crippen LogP contribution in [0.25, 0.3) is 0 Å². The number of aromatic nitrogens is 3. The Bertz CT molecular complexity index is 545. The molecule has 1 amide bonds. The standard InChI is InChI=1S/C10H12N6OS/c1-5-6(2)18-10(12-5)13-9(17)7-3-4-8(14-11)16-15-7/h3-4H,11H2,1-2H3,(H,14,16)(H,12,13,17). The number of carbonyl (C=O) groups excluding carboxylic acids is 1. The summed E-state index contributed by atoms with van der Waals surface area (Å²) in [5, 5.41) is 10.7. The first-order valence-corrected chi connectivity index (χ1v) is 5.97. The van der Waals surface area contributed by atoms with Crippen molar-refractivity contribution in [2.45, 2.75) is 13.8 Å². The average Bonchev–Trinajstić information content (AvgIpc) is 2.68. The Balaban J connectivity index is 2.11. The summed E-state index contributed by atoms with van der Waals surface area (Å²) in [6.45, 7) is 3.84. The molecule has 0 saturated carbocycles. The molecular formula is C10H12N6OS. The molecule has 0 spiro atoms. The van der Waals surface area contributed by atoms with Crippen molar-refractivity contribution in [3.63, 3.8) is 0 Å². The van der Waals surface area contributed by atoms with E-state index in [4.69, 9.17) is 5.84 Å². The Kier molecular flexibility index (Phi) is 3.49. The van der Waals surface area contributed by atoms with Crippen molar-refractivity contribution < 1.29 is 4.79 Å². The van der Waals surface area contributed by atoms with Crippen molar-refractivity contribution in [3.05, 3.63) is 28.4 Å². The van der Waals surface area contributed by atoms with Crippen molar-refractivity contribution in [2.75, 3.05) is 10.7 Å². The van der Waals surface area contributed by atoms with E-state index in [9.17, 15) is 4.79 Å². The summed E-state index contributed by atoms with van der Waals surface area (Å²) in [4.78, 5) is 17.1. The van der Waals surface area contributed by atoms with Crippen LogP contribution < -0.4 is 16.6 Å². The van der Waals surface area contributed by atoms with E-state index in [1.165, 1.54) is 17.4 Å². The lowest BCUT2D eigenvalue weighted by atomic mass is 10.3. The number of nitrogens with one attached hydrogen (secondary N) is 2. The third-order valence-corrected chi connectivity index (χ3v) is 3.28. The van der Waals surface area contributed by atoms with Gasteiger partial charge in [0.1, 0.15) is 0 Å². The Morgan fingerprint density at radius 2 is 2.11 bits per heavy atom. The van der Waals surface area contributed by atoms with Gasteiger partial charge in [-0.05, 0) is 26.0 Å². The van der Waals surface area contributed by atoms with Gasteiger partial charge in [-0.2, -0.15) is 0 Å². The molecule has 2 rings (SSSR count). The van der Waals surface area contributed by atoms with Gasteiger partial charge in [-0.1, -0.05) is 0 Å². The molecule has 0 aliphatic rings. The number of hydrogen-bond donors (Lipinski definition) is 3. The van der Waals surface area contributed by atoms with Crippen LogP contribution in [-0.2, 0) is 0 Å². The highest BCUT2D eigenvalue weighted by molar-refractivity contribution is 7.15. The predicted octanol–water partition coefficient (Wildman–Crippen LogP) is 1.09. The van der Waals surface area contributed by atoms with Gasteiger partial charge in [-0.25, -0.2) is 10.8 Å². The normalized spacial score (nSPS) is 10.2. The number of hydrazine groups is 1. The summed E-state index contributed by atoms with van der Waals surface area (Å²) >= 11 is 1.42. The number of thiazole rings is 1. The van der Waals surface area contributed by atoms with Gasteiger partial charge < -0.3 is 5.43 Å². The van der Waals surface area contributed by atoms with Crippen LogP contribution in [0.4, 0.5) is 10.9 Å². The number of nitrogen functional groups attached to an aromatic ring is 1. The van der Waals surface area contributed by atoms with E-state index in [1.807, 2.05) is 13.8 Å². The molecular weight excluding hydrogens is 252 g/mol. The van der Waals surface area contributed by atoms with E-state index in [0.29, 0.717) is 10.9 Å². The lowest BCUT2D eigenvalue weighted by molar-refractivity contribution is 0.102. The molecule has 0 aliphatic heterocycles. The molecule has 2 aromatic rings. The molecule has 2 aromatic heterocycles. The Hall–Kier alpha value is -2.06. The molecule has 0 bridgehead atoms. The third-order valence-electron chi connectivity index (χ3n) is 2.29. The zero-order valence-electron chi connectivity index (χ0n) is 9.89. The zero-order valence-corrected chi connectivity index (χ0v) is 10.7. The highest BCUT2D eigenvalue weighted by atomic mass is 32.1. The largest absolute Gasteiger partial charge is 0.307 e. The molecule has 2 heterocycles. The maximum atomic E-state index is 11.8. The van der Waals surface area contributed by atoms with Crippen molar-refractivity contribution in [1.82, 2.24) is 15.2 Å². The van der Waals surface area contributed by atoms with Crippen LogP contribution in [-0.4, -0.2) is 21.1 Å². The molecule has 7 nitrogen and oxygen atoms in total. The first-order chi connectivity index (χ1) is 8.60. The van der Waals surface area contributed by atoms with Crippen LogP contribution in [0.2, 0.25) is 0 Å². The van der Waals surface area contributed by atoms with Crippen LogP contribution in [0.15, 0.2) is 12.1 Å². The number of nitrogens with zero attached hydrogens (tertiary/aromatic N) is 3. The van der Waals surface area contributed by atoms with Crippen LogP contribution in [0.1, 0.15) is 21.1 Å². The SMILES string of the molecule is Cc1nc(NC(=O)c2ccc(NN)nn2)sc1C. The van der Waals surface area contributed by atoms with Crippen LogP contribution in [0.3, 0.4) is 0 Å². The lowest BCUT2D eigenvalue weighted by Crippen LogP contribution is -2.15.